The largest absolute Gasteiger partial charge is 0.493 e. The molecule has 2 aromatic heterocycles. The Hall–Kier alpha value is -4.99. The monoisotopic (exact) mass is 482 g/mol. The van der Waals surface area contributed by atoms with Gasteiger partial charge in [-0.3, -0.25) is 0 Å². The summed E-state index contributed by atoms with van der Waals surface area (Å²) in [6.07, 6.45) is 1.36. The van der Waals surface area contributed by atoms with Crippen molar-refractivity contribution in [3.8, 4) is 11.5 Å². The molecule has 0 fully saturated rings. The van der Waals surface area contributed by atoms with Crippen molar-refractivity contribution in [1.82, 2.24) is 19.7 Å². The van der Waals surface area contributed by atoms with Crippen molar-refractivity contribution in [3.05, 3.63) is 83.4 Å². The number of hydrogen-bond acceptors (Lipinski definition) is 8. The fourth-order valence-corrected chi connectivity index (χ4v) is 4.11. The van der Waals surface area contributed by atoms with Gasteiger partial charge >= 0.3 is 5.97 Å². The lowest BCUT2D eigenvalue weighted by Gasteiger charge is -2.12. The Bertz CT molecular complexity index is 1600. The van der Waals surface area contributed by atoms with Crippen LogP contribution in [-0.2, 0) is 6.54 Å². The van der Waals surface area contributed by atoms with Gasteiger partial charge in [-0.15, -0.1) is 10.2 Å². The molecule has 10 nitrogen and oxygen atoms in total. The quantitative estimate of drug-likeness (QED) is 0.249. The number of carboxylic acid groups (broad SMARTS) is 1. The van der Waals surface area contributed by atoms with Gasteiger partial charge in [-0.05, 0) is 23.8 Å². The van der Waals surface area contributed by atoms with Gasteiger partial charge in [-0.2, -0.15) is 10.1 Å². The second-order valence-corrected chi connectivity index (χ2v) is 7.84. The SMILES string of the molecule is COc1ccc(/C=N\Nc2nnc3c4ccccc4n(Cc4ccccc4)c3n2)c(C(=O)O)c1OC. The van der Waals surface area contributed by atoms with Crippen LogP contribution in [0.2, 0.25) is 0 Å². The fourth-order valence-electron chi connectivity index (χ4n) is 4.11. The summed E-state index contributed by atoms with van der Waals surface area (Å²) in [5, 5.41) is 23.4. The number of benzene rings is 3. The molecule has 0 radical (unpaired) electrons. The molecule has 3 aromatic carbocycles. The van der Waals surface area contributed by atoms with Crippen LogP contribution in [0.1, 0.15) is 21.5 Å². The van der Waals surface area contributed by atoms with Crippen LogP contribution < -0.4 is 14.9 Å². The van der Waals surface area contributed by atoms with Gasteiger partial charge in [-0.1, -0.05) is 48.5 Å². The summed E-state index contributed by atoms with van der Waals surface area (Å²) in [6.45, 7) is 0.611. The lowest BCUT2D eigenvalue weighted by molar-refractivity contribution is 0.0692. The summed E-state index contributed by atoms with van der Waals surface area (Å²) in [4.78, 5) is 16.5. The molecule has 0 bridgehead atoms. The van der Waals surface area contributed by atoms with Crippen LogP contribution in [0, 0.1) is 0 Å². The number of carboxylic acids is 1. The lowest BCUT2D eigenvalue weighted by Crippen LogP contribution is -2.08. The highest BCUT2D eigenvalue weighted by atomic mass is 16.5. The number of fused-ring (bicyclic) bond motifs is 3. The number of aromatic nitrogens is 4. The summed E-state index contributed by atoms with van der Waals surface area (Å²) < 4.78 is 12.5. The van der Waals surface area contributed by atoms with Crippen molar-refractivity contribution < 1.29 is 19.4 Å². The van der Waals surface area contributed by atoms with Crippen LogP contribution in [0.4, 0.5) is 5.95 Å². The first-order valence-electron chi connectivity index (χ1n) is 11.0. The third kappa shape index (κ3) is 4.16. The molecular weight excluding hydrogens is 460 g/mol. The first-order valence-corrected chi connectivity index (χ1v) is 11.0. The average Bonchev–Trinajstić information content (AvgIpc) is 3.21. The number of nitrogens with one attached hydrogen (secondary N) is 1. The smallest absolute Gasteiger partial charge is 0.340 e. The number of hydrogen-bond donors (Lipinski definition) is 2. The molecule has 0 spiro atoms. The molecule has 0 atom stereocenters. The van der Waals surface area contributed by atoms with Gasteiger partial charge in [0.05, 0.1) is 26.0 Å². The van der Waals surface area contributed by atoms with Crippen molar-refractivity contribution in [2.75, 3.05) is 19.6 Å². The average molecular weight is 483 g/mol. The molecule has 0 aliphatic heterocycles. The molecule has 0 saturated carbocycles. The molecule has 0 aliphatic rings. The van der Waals surface area contributed by atoms with Crippen LogP contribution >= 0.6 is 0 Å². The van der Waals surface area contributed by atoms with E-state index >= 15 is 0 Å². The number of anilines is 1. The lowest BCUT2D eigenvalue weighted by atomic mass is 10.1. The molecule has 2 heterocycles. The summed E-state index contributed by atoms with van der Waals surface area (Å²) in [6, 6.07) is 21.2. The van der Waals surface area contributed by atoms with E-state index in [9.17, 15) is 9.90 Å². The summed E-state index contributed by atoms with van der Waals surface area (Å²) >= 11 is 0. The van der Waals surface area contributed by atoms with E-state index in [0.29, 0.717) is 29.0 Å². The van der Waals surface area contributed by atoms with Crippen molar-refractivity contribution in [1.29, 1.82) is 0 Å². The van der Waals surface area contributed by atoms with Gasteiger partial charge < -0.3 is 19.1 Å². The minimum absolute atomic E-state index is 0.0696. The highest BCUT2D eigenvalue weighted by Crippen LogP contribution is 2.33. The molecule has 36 heavy (non-hydrogen) atoms. The minimum atomic E-state index is -1.17. The van der Waals surface area contributed by atoms with Crippen molar-refractivity contribution in [2.45, 2.75) is 6.54 Å². The highest BCUT2D eigenvalue weighted by molar-refractivity contribution is 6.04. The number of hydrazone groups is 1. The minimum Gasteiger partial charge on any atom is -0.493 e. The van der Waals surface area contributed by atoms with Gasteiger partial charge in [0.25, 0.3) is 5.95 Å². The number of rotatable bonds is 8. The van der Waals surface area contributed by atoms with E-state index < -0.39 is 5.97 Å². The summed E-state index contributed by atoms with van der Waals surface area (Å²) in [5.41, 5.74) is 6.47. The Morgan fingerprint density at radius 3 is 2.56 bits per heavy atom. The van der Waals surface area contributed by atoms with Crippen molar-refractivity contribution >= 4 is 40.2 Å². The van der Waals surface area contributed by atoms with E-state index in [2.05, 4.69) is 42.4 Å². The first kappa shape index (κ1) is 22.8. The second kappa shape index (κ2) is 9.71. The highest BCUT2D eigenvalue weighted by Gasteiger charge is 2.20. The van der Waals surface area contributed by atoms with E-state index in [0.717, 1.165) is 16.5 Å². The molecule has 2 N–H and O–H groups in total. The molecule has 180 valence electrons. The summed E-state index contributed by atoms with van der Waals surface area (Å²) in [7, 11) is 2.82. The molecule has 10 heteroatoms. The zero-order valence-corrected chi connectivity index (χ0v) is 19.5. The number of carbonyl (C=O) groups is 1. The second-order valence-electron chi connectivity index (χ2n) is 7.84. The Morgan fingerprint density at radius 1 is 1.03 bits per heavy atom. The van der Waals surface area contributed by atoms with Crippen LogP contribution in [0.5, 0.6) is 11.5 Å². The van der Waals surface area contributed by atoms with E-state index in [4.69, 9.17) is 9.47 Å². The van der Waals surface area contributed by atoms with E-state index in [1.807, 2.05) is 42.5 Å². The van der Waals surface area contributed by atoms with Gasteiger partial charge in [-0.25, -0.2) is 10.2 Å². The first-order chi connectivity index (χ1) is 17.6. The van der Waals surface area contributed by atoms with Gasteiger partial charge in [0.2, 0.25) is 0 Å². The fraction of sp³-hybridized carbons (Fsp3) is 0.115. The Labute approximate surface area is 205 Å². The van der Waals surface area contributed by atoms with Crippen LogP contribution in [0.25, 0.3) is 22.1 Å². The van der Waals surface area contributed by atoms with Crippen LogP contribution in [0.15, 0.2) is 71.8 Å². The third-order valence-electron chi connectivity index (χ3n) is 5.72. The van der Waals surface area contributed by atoms with Gasteiger partial charge in [0, 0.05) is 17.5 Å². The Morgan fingerprint density at radius 2 is 1.81 bits per heavy atom. The standard InChI is InChI=1S/C26H22N6O4/c1-35-20-13-12-17(21(25(33)34)23(20)36-2)14-27-30-26-28-24-22(29-31-26)18-10-6-7-11-19(18)32(24)15-16-8-4-3-5-9-16/h3-14H,15H2,1-2H3,(H,33,34)(H,28,30,31)/b27-14-. The molecule has 0 aliphatic carbocycles. The van der Waals surface area contributed by atoms with E-state index in [1.54, 1.807) is 12.1 Å². The maximum atomic E-state index is 11.9. The molecule has 0 amide bonds. The predicted octanol–water partition coefficient (Wildman–Crippen LogP) is 4.19. The van der Waals surface area contributed by atoms with Crippen LogP contribution in [0.3, 0.4) is 0 Å². The number of methoxy groups -OCH3 is 2. The number of nitrogens with zero attached hydrogens (tertiary/aromatic N) is 5. The molecule has 5 rings (SSSR count). The molecular formula is C26H22N6O4. The predicted molar refractivity (Wildman–Crippen MR) is 136 cm³/mol. The topological polar surface area (TPSA) is 124 Å². The number of aromatic carboxylic acids is 1. The number of para-hydroxylation sites is 1. The number of ether oxygens (including phenoxy) is 2. The van der Waals surface area contributed by atoms with E-state index in [-0.39, 0.29) is 17.3 Å². The van der Waals surface area contributed by atoms with Gasteiger partial charge in [0.15, 0.2) is 17.1 Å². The Balaban J connectivity index is 1.51. The van der Waals surface area contributed by atoms with E-state index in [1.165, 1.54) is 20.4 Å². The molecule has 5 aromatic rings. The van der Waals surface area contributed by atoms with Gasteiger partial charge in [0.1, 0.15) is 11.1 Å². The van der Waals surface area contributed by atoms with Crippen molar-refractivity contribution in [3.63, 3.8) is 0 Å². The van der Waals surface area contributed by atoms with Crippen molar-refractivity contribution in [2.24, 2.45) is 5.10 Å². The molecule has 0 unspecified atom stereocenters. The summed E-state index contributed by atoms with van der Waals surface area (Å²) in [5.74, 6) is -0.576. The Kier molecular flexibility index (Phi) is 6.14. The third-order valence-corrected chi connectivity index (χ3v) is 5.72. The zero-order valence-electron chi connectivity index (χ0n) is 19.5. The normalized spacial score (nSPS) is 11.3. The maximum Gasteiger partial charge on any atom is 0.340 e. The zero-order chi connectivity index (χ0) is 25.1. The molecule has 0 saturated heterocycles. The van der Waals surface area contributed by atoms with Crippen LogP contribution in [-0.4, -0.2) is 51.3 Å². The maximum absolute atomic E-state index is 11.9.